The standard InChI is InChI=1S/C17H21N3O5S/c1-10(21)9-20-15(23)13-5-4-12(16(24)25-3)8-14(13)19-17(20)26-7-6-18-11(2)22/h4-5,8,10,21H,6-7,9H2,1-3H3,(H,18,22)/t10-/m1/s1. The van der Waals surface area contributed by atoms with Crippen LogP contribution in [0.15, 0.2) is 28.2 Å². The minimum Gasteiger partial charge on any atom is -0.465 e. The number of aliphatic hydroxyl groups excluding tert-OH is 1. The lowest BCUT2D eigenvalue weighted by Gasteiger charge is -2.14. The van der Waals surface area contributed by atoms with Crippen molar-refractivity contribution in [2.75, 3.05) is 19.4 Å². The Labute approximate surface area is 154 Å². The second-order valence-corrected chi connectivity index (χ2v) is 6.78. The number of nitrogens with one attached hydrogen (secondary N) is 1. The Kier molecular flexibility index (Phi) is 6.76. The molecule has 8 nitrogen and oxygen atoms in total. The van der Waals surface area contributed by atoms with Gasteiger partial charge in [-0.1, -0.05) is 11.8 Å². The molecular formula is C17H21N3O5S. The van der Waals surface area contributed by atoms with Crippen LogP contribution in [0.25, 0.3) is 10.9 Å². The second kappa shape index (κ2) is 8.81. The Morgan fingerprint density at radius 2 is 2.15 bits per heavy atom. The molecule has 0 unspecified atom stereocenters. The van der Waals surface area contributed by atoms with Gasteiger partial charge in [-0.3, -0.25) is 14.2 Å². The monoisotopic (exact) mass is 379 g/mol. The summed E-state index contributed by atoms with van der Waals surface area (Å²) in [6.07, 6.45) is -0.726. The van der Waals surface area contributed by atoms with E-state index in [9.17, 15) is 19.5 Å². The maximum absolute atomic E-state index is 12.8. The van der Waals surface area contributed by atoms with E-state index < -0.39 is 12.1 Å². The zero-order valence-electron chi connectivity index (χ0n) is 14.8. The van der Waals surface area contributed by atoms with E-state index in [2.05, 4.69) is 10.3 Å². The van der Waals surface area contributed by atoms with Crippen molar-refractivity contribution in [1.29, 1.82) is 0 Å². The number of ether oxygens (including phenoxy) is 1. The summed E-state index contributed by atoms with van der Waals surface area (Å²) in [6, 6.07) is 4.54. The van der Waals surface area contributed by atoms with Crippen LogP contribution in [-0.2, 0) is 16.1 Å². The van der Waals surface area contributed by atoms with Crippen molar-refractivity contribution in [3.63, 3.8) is 0 Å². The Morgan fingerprint density at radius 3 is 2.77 bits per heavy atom. The highest BCUT2D eigenvalue weighted by Gasteiger charge is 2.15. The van der Waals surface area contributed by atoms with Crippen LogP contribution >= 0.6 is 11.8 Å². The van der Waals surface area contributed by atoms with E-state index >= 15 is 0 Å². The van der Waals surface area contributed by atoms with Crippen LogP contribution < -0.4 is 10.9 Å². The molecule has 0 aliphatic rings. The molecule has 1 amide bonds. The number of thioether (sulfide) groups is 1. The summed E-state index contributed by atoms with van der Waals surface area (Å²) >= 11 is 1.29. The van der Waals surface area contributed by atoms with Gasteiger partial charge in [0.15, 0.2) is 5.16 Å². The van der Waals surface area contributed by atoms with Crippen LogP contribution in [0.1, 0.15) is 24.2 Å². The molecule has 0 spiro atoms. The number of amides is 1. The van der Waals surface area contributed by atoms with Gasteiger partial charge in [-0.2, -0.15) is 0 Å². The predicted octanol–water partition coefficient (Wildman–Crippen LogP) is 0.792. The van der Waals surface area contributed by atoms with Crippen LogP contribution in [0.5, 0.6) is 0 Å². The lowest BCUT2D eigenvalue weighted by atomic mass is 10.1. The van der Waals surface area contributed by atoms with Gasteiger partial charge in [0.05, 0.1) is 36.2 Å². The van der Waals surface area contributed by atoms with Gasteiger partial charge in [0.25, 0.3) is 5.56 Å². The van der Waals surface area contributed by atoms with Gasteiger partial charge in [0.1, 0.15) is 0 Å². The van der Waals surface area contributed by atoms with Crippen molar-refractivity contribution >= 4 is 34.5 Å². The highest BCUT2D eigenvalue weighted by Crippen LogP contribution is 2.19. The van der Waals surface area contributed by atoms with E-state index in [0.717, 1.165) is 0 Å². The topological polar surface area (TPSA) is 111 Å². The molecule has 0 aliphatic carbocycles. The van der Waals surface area contributed by atoms with Crippen molar-refractivity contribution in [3.05, 3.63) is 34.1 Å². The molecule has 2 rings (SSSR count). The molecule has 26 heavy (non-hydrogen) atoms. The summed E-state index contributed by atoms with van der Waals surface area (Å²) in [5, 5.41) is 13.1. The summed E-state index contributed by atoms with van der Waals surface area (Å²) in [6.45, 7) is 3.53. The lowest BCUT2D eigenvalue weighted by Crippen LogP contribution is -2.28. The summed E-state index contributed by atoms with van der Waals surface area (Å²) in [5.74, 6) is -0.142. The zero-order chi connectivity index (χ0) is 19.3. The van der Waals surface area contributed by atoms with Crippen molar-refractivity contribution in [2.45, 2.75) is 31.7 Å². The first-order chi connectivity index (χ1) is 12.3. The molecule has 0 saturated carbocycles. The molecule has 9 heteroatoms. The second-order valence-electron chi connectivity index (χ2n) is 5.71. The van der Waals surface area contributed by atoms with Crippen LogP contribution in [0.3, 0.4) is 0 Å². The molecule has 1 aromatic carbocycles. The van der Waals surface area contributed by atoms with Crippen LogP contribution in [-0.4, -0.2) is 52.0 Å². The number of esters is 1. The van der Waals surface area contributed by atoms with Gasteiger partial charge in [-0.15, -0.1) is 0 Å². The zero-order valence-corrected chi connectivity index (χ0v) is 15.6. The van der Waals surface area contributed by atoms with Crippen LogP contribution in [0.4, 0.5) is 0 Å². The number of carbonyl (C=O) groups is 2. The average molecular weight is 379 g/mol. The summed E-state index contributed by atoms with van der Waals surface area (Å²) < 4.78 is 6.10. The first-order valence-corrected chi connectivity index (χ1v) is 9.00. The van der Waals surface area contributed by atoms with E-state index in [0.29, 0.717) is 33.9 Å². The van der Waals surface area contributed by atoms with Crippen molar-refractivity contribution in [3.8, 4) is 0 Å². The molecule has 0 saturated heterocycles. The van der Waals surface area contributed by atoms with Crippen LogP contribution in [0.2, 0.25) is 0 Å². The predicted molar refractivity (Wildman–Crippen MR) is 98.4 cm³/mol. The van der Waals surface area contributed by atoms with Crippen molar-refractivity contribution < 1.29 is 19.4 Å². The van der Waals surface area contributed by atoms with Crippen molar-refractivity contribution in [2.24, 2.45) is 0 Å². The smallest absolute Gasteiger partial charge is 0.337 e. The fourth-order valence-corrected chi connectivity index (χ4v) is 3.21. The number of benzene rings is 1. The van der Waals surface area contributed by atoms with Gasteiger partial charge in [0.2, 0.25) is 5.91 Å². The summed E-state index contributed by atoms with van der Waals surface area (Å²) in [4.78, 5) is 39.9. The molecule has 0 radical (unpaired) electrons. The van der Waals surface area contributed by atoms with E-state index in [4.69, 9.17) is 4.74 Å². The van der Waals surface area contributed by atoms with Crippen LogP contribution in [0, 0.1) is 0 Å². The van der Waals surface area contributed by atoms with Crippen molar-refractivity contribution in [1.82, 2.24) is 14.9 Å². The summed E-state index contributed by atoms with van der Waals surface area (Å²) in [7, 11) is 1.28. The molecule has 1 heterocycles. The lowest BCUT2D eigenvalue weighted by molar-refractivity contribution is -0.118. The normalized spacial score (nSPS) is 12.0. The SMILES string of the molecule is COC(=O)c1ccc2c(=O)n(C[C@@H](C)O)c(SCCNC(C)=O)nc2c1. The third kappa shape index (κ3) is 4.83. The van der Waals surface area contributed by atoms with Gasteiger partial charge in [0, 0.05) is 19.2 Å². The van der Waals surface area contributed by atoms with Gasteiger partial charge in [-0.25, -0.2) is 9.78 Å². The minimum absolute atomic E-state index is 0.100. The molecule has 1 atom stereocenters. The molecule has 2 N–H and O–H groups in total. The Morgan fingerprint density at radius 1 is 1.42 bits per heavy atom. The fraction of sp³-hybridized carbons (Fsp3) is 0.412. The molecular weight excluding hydrogens is 358 g/mol. The molecule has 0 bridgehead atoms. The number of carbonyl (C=O) groups excluding carboxylic acids is 2. The highest BCUT2D eigenvalue weighted by molar-refractivity contribution is 7.99. The number of aromatic nitrogens is 2. The highest BCUT2D eigenvalue weighted by atomic mass is 32.2. The van der Waals surface area contributed by atoms with E-state index in [1.807, 2.05) is 0 Å². The average Bonchev–Trinajstić information content (AvgIpc) is 2.60. The number of methoxy groups -OCH3 is 1. The maximum Gasteiger partial charge on any atom is 0.337 e. The Hall–Kier alpha value is -2.39. The Balaban J connectivity index is 2.45. The van der Waals surface area contributed by atoms with E-state index in [1.54, 1.807) is 6.92 Å². The number of rotatable bonds is 7. The molecule has 2 aromatic rings. The number of aliphatic hydroxyl groups is 1. The quantitative estimate of drug-likeness (QED) is 0.317. The molecule has 1 aromatic heterocycles. The third-order valence-electron chi connectivity index (χ3n) is 3.50. The molecule has 0 fully saturated rings. The molecule has 0 aliphatic heterocycles. The first-order valence-electron chi connectivity index (χ1n) is 8.01. The summed E-state index contributed by atoms with van der Waals surface area (Å²) in [5.41, 5.74) is 0.380. The number of nitrogens with zero attached hydrogens (tertiary/aromatic N) is 2. The van der Waals surface area contributed by atoms with E-state index in [-0.39, 0.29) is 18.0 Å². The van der Waals surface area contributed by atoms with Gasteiger partial charge in [-0.05, 0) is 25.1 Å². The van der Waals surface area contributed by atoms with Gasteiger partial charge < -0.3 is 15.2 Å². The largest absolute Gasteiger partial charge is 0.465 e. The maximum atomic E-state index is 12.8. The number of fused-ring (bicyclic) bond motifs is 1. The minimum atomic E-state index is -0.726. The fourth-order valence-electron chi connectivity index (χ4n) is 2.35. The van der Waals surface area contributed by atoms with Gasteiger partial charge >= 0.3 is 5.97 Å². The first kappa shape index (κ1) is 19.9. The van der Waals surface area contributed by atoms with E-state index in [1.165, 1.54) is 48.6 Å². The molecule has 140 valence electrons. The third-order valence-corrected chi connectivity index (χ3v) is 4.47. The Bertz CT molecular complexity index is 879. The number of hydrogen-bond acceptors (Lipinski definition) is 7. The number of hydrogen-bond donors (Lipinski definition) is 2.